The van der Waals surface area contributed by atoms with Crippen LogP contribution in [0.2, 0.25) is 0 Å². The van der Waals surface area contributed by atoms with E-state index in [1.54, 1.807) is 61.8 Å². The Morgan fingerprint density at radius 2 is 1.75 bits per heavy atom. The zero-order valence-corrected chi connectivity index (χ0v) is 28.5. The Hall–Kier alpha value is -5.60. The third-order valence-electron chi connectivity index (χ3n) is 8.39. The lowest BCUT2D eigenvalue weighted by molar-refractivity contribution is 0.0357. The molecule has 0 spiro atoms. The summed E-state index contributed by atoms with van der Waals surface area (Å²) < 4.78 is 40.6. The number of pyridine rings is 1. The zero-order chi connectivity index (χ0) is 35.7. The minimum absolute atomic E-state index is 0.0562. The largest absolute Gasteiger partial charge is 0.493 e. The number of carbonyl (C=O) groups is 1. The van der Waals surface area contributed by atoms with Crippen LogP contribution in [0.15, 0.2) is 82.5 Å². The number of amides is 1. The van der Waals surface area contributed by atoms with Crippen LogP contribution in [-0.4, -0.2) is 76.7 Å². The van der Waals surface area contributed by atoms with Gasteiger partial charge in [-0.15, -0.1) is 0 Å². The molecule has 0 saturated carbocycles. The molecule has 0 bridgehead atoms. The van der Waals surface area contributed by atoms with E-state index in [0.29, 0.717) is 46.9 Å². The van der Waals surface area contributed by atoms with Crippen molar-refractivity contribution in [2.45, 2.75) is 32.7 Å². The zero-order valence-electron chi connectivity index (χ0n) is 28.5. The van der Waals surface area contributed by atoms with E-state index in [2.05, 4.69) is 20.3 Å². The molecule has 0 radical (unpaired) electrons. The average Bonchev–Trinajstić information content (AvgIpc) is 3.15. The van der Waals surface area contributed by atoms with Crippen LogP contribution in [0.4, 0.5) is 10.1 Å². The van der Waals surface area contributed by atoms with Crippen LogP contribution in [-0.2, 0) is 11.3 Å². The fourth-order valence-corrected chi connectivity index (χ4v) is 5.66. The molecule has 14 heteroatoms. The van der Waals surface area contributed by atoms with Crippen molar-refractivity contribution >= 4 is 22.5 Å². The number of fused-ring (bicyclic) bond motifs is 1. The van der Waals surface area contributed by atoms with Gasteiger partial charge in [-0.2, -0.15) is 9.78 Å². The van der Waals surface area contributed by atoms with Crippen LogP contribution in [0.3, 0.4) is 0 Å². The van der Waals surface area contributed by atoms with Gasteiger partial charge in [0.2, 0.25) is 5.69 Å². The van der Waals surface area contributed by atoms with Crippen molar-refractivity contribution in [2.75, 3.05) is 51.9 Å². The first kappa shape index (κ1) is 35.2. The highest BCUT2D eigenvalue weighted by Crippen LogP contribution is 2.38. The van der Waals surface area contributed by atoms with E-state index in [1.165, 1.54) is 12.1 Å². The number of halogens is 1. The number of hydrogen-bond donors (Lipinski definition) is 1. The van der Waals surface area contributed by atoms with Crippen molar-refractivity contribution in [3.63, 3.8) is 0 Å². The van der Waals surface area contributed by atoms with Crippen molar-refractivity contribution in [3.8, 4) is 28.7 Å². The van der Waals surface area contributed by atoms with Crippen LogP contribution in [0, 0.1) is 5.82 Å². The third kappa shape index (κ3) is 8.24. The van der Waals surface area contributed by atoms with Gasteiger partial charge < -0.3 is 24.3 Å². The number of para-hydroxylation sites is 1. The smallest absolute Gasteiger partial charge is 0.352 e. The number of benzene rings is 3. The van der Waals surface area contributed by atoms with Gasteiger partial charge >= 0.3 is 5.69 Å². The number of rotatable bonds is 14. The van der Waals surface area contributed by atoms with Gasteiger partial charge in [0.25, 0.3) is 11.5 Å². The van der Waals surface area contributed by atoms with E-state index < -0.39 is 28.7 Å². The first-order valence-corrected chi connectivity index (χ1v) is 16.8. The first-order chi connectivity index (χ1) is 24.9. The summed E-state index contributed by atoms with van der Waals surface area (Å²) in [6.45, 7) is 6.66. The normalized spacial score (nSPS) is 13.2. The van der Waals surface area contributed by atoms with Gasteiger partial charge in [0, 0.05) is 55.6 Å². The molecule has 1 fully saturated rings. The van der Waals surface area contributed by atoms with Gasteiger partial charge in [-0.05, 0) is 49.2 Å². The van der Waals surface area contributed by atoms with Crippen molar-refractivity contribution in [1.29, 1.82) is 0 Å². The monoisotopic (exact) mass is 698 g/mol. The van der Waals surface area contributed by atoms with Gasteiger partial charge in [-0.3, -0.25) is 24.0 Å². The Kier molecular flexibility index (Phi) is 11.3. The molecule has 51 heavy (non-hydrogen) atoms. The molecular weight excluding hydrogens is 659 g/mol. The molecule has 1 aliphatic heterocycles. The third-order valence-corrected chi connectivity index (χ3v) is 8.39. The highest BCUT2D eigenvalue weighted by Gasteiger charge is 2.21. The van der Waals surface area contributed by atoms with Crippen LogP contribution >= 0.6 is 0 Å². The summed E-state index contributed by atoms with van der Waals surface area (Å²) in [5, 5.41) is 7.22. The highest BCUT2D eigenvalue weighted by molar-refractivity contribution is 6.02. The standard InChI is InChI=1S/C37H39FN6O7/c1-3-4-16-43-36(46)34(41-44(37(43)47)26-9-6-5-7-10-26)35(45)40-25-11-12-31(28(38)22-25)51-30-13-14-39-29-24-32(48-2)33(23-27(29)30)50-19-8-15-42-17-20-49-21-18-42/h5-7,9-14,22-24H,3-4,8,15-21H2,1-2H3,(H,40,45). The van der Waals surface area contributed by atoms with Gasteiger partial charge in [-0.1, -0.05) is 31.5 Å². The minimum atomic E-state index is -0.894. The molecule has 1 aliphatic rings. The maximum atomic E-state index is 15.5. The van der Waals surface area contributed by atoms with Gasteiger partial charge in [0.15, 0.2) is 23.1 Å². The molecule has 0 aliphatic carbocycles. The summed E-state index contributed by atoms with van der Waals surface area (Å²) in [6.07, 6.45) is 3.63. The lowest BCUT2D eigenvalue weighted by Gasteiger charge is -2.26. The maximum absolute atomic E-state index is 15.5. The second-order valence-corrected chi connectivity index (χ2v) is 11.9. The van der Waals surface area contributed by atoms with Crippen LogP contribution < -0.4 is 30.8 Å². The van der Waals surface area contributed by atoms with Gasteiger partial charge in [-0.25, -0.2) is 9.18 Å². The second kappa shape index (κ2) is 16.4. The lowest BCUT2D eigenvalue weighted by Crippen LogP contribution is -2.44. The maximum Gasteiger partial charge on any atom is 0.352 e. The minimum Gasteiger partial charge on any atom is -0.493 e. The van der Waals surface area contributed by atoms with Crippen LogP contribution in [0.25, 0.3) is 16.6 Å². The number of hydrogen-bond acceptors (Lipinski definition) is 10. The number of aromatic nitrogens is 4. The number of anilines is 1. The summed E-state index contributed by atoms with van der Waals surface area (Å²) in [4.78, 5) is 46.5. The predicted octanol–water partition coefficient (Wildman–Crippen LogP) is 5.04. The first-order valence-electron chi connectivity index (χ1n) is 16.8. The molecule has 266 valence electrons. The fourth-order valence-electron chi connectivity index (χ4n) is 5.66. The lowest BCUT2D eigenvalue weighted by atomic mass is 10.1. The van der Waals surface area contributed by atoms with E-state index in [1.807, 2.05) is 6.92 Å². The summed E-state index contributed by atoms with van der Waals surface area (Å²) in [5.41, 5.74) is -0.996. The number of unbranched alkanes of at least 4 members (excludes halogenated alkanes) is 1. The predicted molar refractivity (Wildman–Crippen MR) is 189 cm³/mol. The Morgan fingerprint density at radius 3 is 2.49 bits per heavy atom. The van der Waals surface area contributed by atoms with E-state index in [0.717, 1.165) is 61.0 Å². The van der Waals surface area contributed by atoms with E-state index in [4.69, 9.17) is 18.9 Å². The number of morpholine rings is 1. The van der Waals surface area contributed by atoms with Crippen LogP contribution in [0.5, 0.6) is 23.0 Å². The fraction of sp³-hybridized carbons (Fsp3) is 0.324. The SMILES string of the molecule is CCCCn1c(=O)c(C(=O)Nc2ccc(Oc3ccnc4cc(OC)c(OCCCN5CCOCC5)cc34)c(F)c2)nn(-c2ccccc2)c1=O. The quantitative estimate of drug-likeness (QED) is 0.157. The Labute approximate surface area is 293 Å². The number of nitrogens with one attached hydrogen (secondary N) is 1. The number of methoxy groups -OCH3 is 1. The molecule has 13 nitrogen and oxygen atoms in total. The molecule has 1 amide bonds. The Balaban J connectivity index is 1.20. The summed E-state index contributed by atoms with van der Waals surface area (Å²) in [5.74, 6) is -0.429. The molecule has 3 aromatic carbocycles. The van der Waals surface area contributed by atoms with Crippen molar-refractivity contribution in [2.24, 2.45) is 0 Å². The molecular formula is C37H39FN6O7. The van der Waals surface area contributed by atoms with Crippen molar-refractivity contribution < 1.29 is 28.1 Å². The topological polar surface area (TPSA) is 139 Å². The summed E-state index contributed by atoms with van der Waals surface area (Å²) in [7, 11) is 1.55. The average molecular weight is 699 g/mol. The molecule has 1 saturated heterocycles. The molecule has 2 aromatic heterocycles. The molecule has 6 rings (SSSR count). The summed E-state index contributed by atoms with van der Waals surface area (Å²) >= 11 is 0. The highest BCUT2D eigenvalue weighted by atomic mass is 19.1. The molecule has 0 unspecified atom stereocenters. The molecule has 3 heterocycles. The summed E-state index contributed by atoms with van der Waals surface area (Å²) in [6, 6.07) is 17.5. The second-order valence-electron chi connectivity index (χ2n) is 11.9. The number of ether oxygens (including phenoxy) is 4. The molecule has 0 atom stereocenters. The van der Waals surface area contributed by atoms with E-state index >= 15 is 4.39 Å². The van der Waals surface area contributed by atoms with E-state index in [9.17, 15) is 14.4 Å². The van der Waals surface area contributed by atoms with Crippen molar-refractivity contribution in [1.82, 2.24) is 24.2 Å². The Morgan fingerprint density at radius 1 is 0.941 bits per heavy atom. The van der Waals surface area contributed by atoms with Gasteiger partial charge in [0.1, 0.15) is 5.75 Å². The molecule has 1 N–H and O–H groups in total. The Bertz CT molecular complexity index is 2120. The van der Waals surface area contributed by atoms with Gasteiger partial charge in [0.05, 0.1) is 38.1 Å². The van der Waals surface area contributed by atoms with Crippen LogP contribution in [0.1, 0.15) is 36.7 Å². The molecule has 5 aromatic rings. The van der Waals surface area contributed by atoms with E-state index in [-0.39, 0.29) is 18.0 Å². The number of carbonyl (C=O) groups excluding carboxylic acids is 1. The number of nitrogens with zero attached hydrogens (tertiary/aromatic N) is 5. The van der Waals surface area contributed by atoms with Crippen molar-refractivity contribution in [3.05, 3.63) is 105 Å².